The molecule has 1 aromatic carbocycles. The fourth-order valence-corrected chi connectivity index (χ4v) is 2.28. The third-order valence-electron chi connectivity index (χ3n) is 3.45. The molecule has 0 fully saturated rings. The first kappa shape index (κ1) is 14.6. The van der Waals surface area contributed by atoms with Crippen LogP contribution in [0.1, 0.15) is 59.7 Å². The topological polar surface area (TPSA) is 55.4 Å². The molecule has 0 bridgehead atoms. The molecule has 0 saturated heterocycles. The van der Waals surface area contributed by atoms with Gasteiger partial charge in [-0.15, -0.1) is 0 Å². The predicted octanol–water partition coefficient (Wildman–Crippen LogP) is 2.96. The molecule has 1 aliphatic rings. The maximum Gasteiger partial charge on any atom is 0.255 e. The molecule has 1 aliphatic heterocycles. The monoisotopic (exact) mass is 275 g/mol. The van der Waals surface area contributed by atoms with Gasteiger partial charge in [-0.05, 0) is 24.6 Å². The summed E-state index contributed by atoms with van der Waals surface area (Å²) < 4.78 is 5.47. The number of ether oxygens (including phenoxy) is 1. The number of hydrogen-bond donors (Lipinski definition) is 1. The van der Waals surface area contributed by atoms with E-state index in [0.29, 0.717) is 36.4 Å². The van der Waals surface area contributed by atoms with Crippen molar-refractivity contribution in [2.75, 3.05) is 13.2 Å². The second-order valence-electron chi connectivity index (χ2n) is 5.05. The van der Waals surface area contributed by atoms with Gasteiger partial charge in [0.2, 0.25) is 0 Å². The van der Waals surface area contributed by atoms with Crippen LogP contribution in [-0.2, 0) is 0 Å². The average Bonchev–Trinajstić information content (AvgIpc) is 2.65. The number of hydrogen-bond acceptors (Lipinski definition) is 3. The molecular formula is C16H21NO3. The lowest BCUT2D eigenvalue weighted by atomic mass is 10.0. The lowest BCUT2D eigenvalue weighted by molar-refractivity contribution is 0.0957. The van der Waals surface area contributed by atoms with Crippen LogP contribution < -0.4 is 10.1 Å². The molecule has 0 aliphatic carbocycles. The van der Waals surface area contributed by atoms with E-state index in [1.54, 1.807) is 18.2 Å². The quantitative estimate of drug-likeness (QED) is 0.641. The first-order valence-corrected chi connectivity index (χ1v) is 7.30. The van der Waals surface area contributed by atoms with Crippen molar-refractivity contribution >= 4 is 11.7 Å². The summed E-state index contributed by atoms with van der Waals surface area (Å²) >= 11 is 0. The maximum absolute atomic E-state index is 12.1. The zero-order valence-corrected chi connectivity index (χ0v) is 11.9. The summed E-state index contributed by atoms with van der Waals surface area (Å²) in [5.41, 5.74) is 1.06. The van der Waals surface area contributed by atoms with Crippen LogP contribution in [0.4, 0.5) is 0 Å². The SMILES string of the molecule is CCCCCCC(=O)c1ccc2c(c1)C(=O)NCCO2. The van der Waals surface area contributed by atoms with Crippen molar-refractivity contribution in [3.05, 3.63) is 29.3 Å². The summed E-state index contributed by atoms with van der Waals surface area (Å²) in [6, 6.07) is 5.12. The van der Waals surface area contributed by atoms with Crippen LogP contribution in [-0.4, -0.2) is 24.8 Å². The number of benzene rings is 1. The number of unbranched alkanes of at least 4 members (excludes halogenated alkanes) is 3. The summed E-state index contributed by atoms with van der Waals surface area (Å²) in [5, 5.41) is 2.75. The van der Waals surface area contributed by atoms with Gasteiger partial charge in [0, 0.05) is 12.0 Å². The van der Waals surface area contributed by atoms with E-state index in [1.807, 2.05) is 0 Å². The summed E-state index contributed by atoms with van der Waals surface area (Å²) in [6.07, 6.45) is 4.85. The standard InChI is InChI=1S/C16H21NO3/c1-2-3-4-5-6-14(18)12-7-8-15-13(11-12)16(19)17-9-10-20-15/h7-8,11H,2-6,9-10H2,1H3,(H,17,19). The van der Waals surface area contributed by atoms with Crippen molar-refractivity contribution in [1.29, 1.82) is 0 Å². The first-order chi connectivity index (χ1) is 9.72. The van der Waals surface area contributed by atoms with Gasteiger partial charge in [-0.3, -0.25) is 9.59 Å². The van der Waals surface area contributed by atoms with E-state index in [-0.39, 0.29) is 11.7 Å². The highest BCUT2D eigenvalue weighted by Crippen LogP contribution is 2.22. The second kappa shape index (κ2) is 7.08. The van der Waals surface area contributed by atoms with Gasteiger partial charge in [-0.25, -0.2) is 0 Å². The number of carbonyl (C=O) groups is 2. The Balaban J connectivity index is 2.06. The van der Waals surface area contributed by atoms with Crippen LogP contribution in [0.5, 0.6) is 5.75 Å². The number of carbonyl (C=O) groups excluding carboxylic acids is 2. The lowest BCUT2D eigenvalue weighted by Crippen LogP contribution is -2.24. The summed E-state index contributed by atoms with van der Waals surface area (Å²) in [7, 11) is 0. The highest BCUT2D eigenvalue weighted by atomic mass is 16.5. The predicted molar refractivity (Wildman–Crippen MR) is 77.4 cm³/mol. The minimum absolute atomic E-state index is 0.0981. The van der Waals surface area contributed by atoms with E-state index in [2.05, 4.69) is 12.2 Å². The molecule has 2 rings (SSSR count). The van der Waals surface area contributed by atoms with Crippen LogP contribution in [0.15, 0.2) is 18.2 Å². The van der Waals surface area contributed by atoms with Crippen molar-refractivity contribution in [3.8, 4) is 5.75 Å². The summed E-state index contributed by atoms with van der Waals surface area (Å²) in [6.45, 7) is 3.10. The first-order valence-electron chi connectivity index (χ1n) is 7.30. The fraction of sp³-hybridized carbons (Fsp3) is 0.500. The number of Topliss-reactive ketones (excluding diaryl/α,β-unsaturated/α-hetero) is 1. The zero-order valence-electron chi connectivity index (χ0n) is 11.9. The largest absolute Gasteiger partial charge is 0.491 e. The highest BCUT2D eigenvalue weighted by Gasteiger charge is 2.18. The Labute approximate surface area is 119 Å². The van der Waals surface area contributed by atoms with Gasteiger partial charge in [-0.1, -0.05) is 26.2 Å². The summed E-state index contributed by atoms with van der Waals surface area (Å²) in [4.78, 5) is 24.0. The molecule has 4 heteroatoms. The Bertz CT molecular complexity index is 496. The molecule has 0 unspecified atom stereocenters. The molecule has 0 radical (unpaired) electrons. The molecule has 0 aromatic heterocycles. The molecular weight excluding hydrogens is 254 g/mol. The van der Waals surface area contributed by atoms with Crippen LogP contribution >= 0.6 is 0 Å². The van der Waals surface area contributed by atoms with E-state index in [1.165, 1.54) is 0 Å². The molecule has 0 spiro atoms. The van der Waals surface area contributed by atoms with Gasteiger partial charge < -0.3 is 10.1 Å². The number of rotatable bonds is 6. The Kier molecular flexibility index (Phi) is 5.16. The van der Waals surface area contributed by atoms with Gasteiger partial charge >= 0.3 is 0 Å². The van der Waals surface area contributed by atoms with Gasteiger partial charge in [0.15, 0.2) is 5.78 Å². The van der Waals surface area contributed by atoms with Crippen LogP contribution in [0.3, 0.4) is 0 Å². The molecule has 1 heterocycles. The molecule has 0 saturated carbocycles. The molecule has 108 valence electrons. The fourth-order valence-electron chi connectivity index (χ4n) is 2.28. The molecule has 1 aromatic rings. The Hall–Kier alpha value is -1.84. The van der Waals surface area contributed by atoms with E-state index in [0.717, 1.165) is 25.7 Å². The van der Waals surface area contributed by atoms with Gasteiger partial charge in [0.1, 0.15) is 12.4 Å². The molecule has 0 atom stereocenters. The third-order valence-corrected chi connectivity index (χ3v) is 3.45. The van der Waals surface area contributed by atoms with Crippen LogP contribution in [0.25, 0.3) is 0 Å². The second-order valence-corrected chi connectivity index (χ2v) is 5.05. The van der Waals surface area contributed by atoms with Crippen molar-refractivity contribution < 1.29 is 14.3 Å². The minimum Gasteiger partial charge on any atom is -0.491 e. The van der Waals surface area contributed by atoms with Crippen molar-refractivity contribution in [2.24, 2.45) is 0 Å². The molecule has 4 nitrogen and oxygen atoms in total. The van der Waals surface area contributed by atoms with Crippen molar-refractivity contribution in [2.45, 2.75) is 39.0 Å². The van der Waals surface area contributed by atoms with Crippen LogP contribution in [0, 0.1) is 0 Å². The normalized spacial score (nSPS) is 13.9. The maximum atomic E-state index is 12.1. The lowest BCUT2D eigenvalue weighted by Gasteiger charge is -2.07. The molecule has 20 heavy (non-hydrogen) atoms. The average molecular weight is 275 g/mol. The van der Waals surface area contributed by atoms with Gasteiger partial charge in [0.25, 0.3) is 5.91 Å². The highest BCUT2D eigenvalue weighted by molar-refractivity contribution is 6.02. The van der Waals surface area contributed by atoms with E-state index >= 15 is 0 Å². The van der Waals surface area contributed by atoms with Crippen molar-refractivity contribution in [3.63, 3.8) is 0 Å². The van der Waals surface area contributed by atoms with E-state index in [9.17, 15) is 9.59 Å². The third kappa shape index (κ3) is 3.59. The van der Waals surface area contributed by atoms with Gasteiger partial charge in [0.05, 0.1) is 12.1 Å². The van der Waals surface area contributed by atoms with Crippen molar-refractivity contribution in [1.82, 2.24) is 5.32 Å². The zero-order chi connectivity index (χ0) is 14.4. The van der Waals surface area contributed by atoms with E-state index in [4.69, 9.17) is 4.74 Å². The number of ketones is 1. The Morgan fingerprint density at radius 2 is 2.15 bits per heavy atom. The smallest absolute Gasteiger partial charge is 0.255 e. The number of nitrogens with one attached hydrogen (secondary N) is 1. The number of fused-ring (bicyclic) bond motifs is 1. The Morgan fingerprint density at radius 1 is 1.30 bits per heavy atom. The van der Waals surface area contributed by atoms with E-state index < -0.39 is 0 Å². The summed E-state index contributed by atoms with van der Waals surface area (Å²) in [5.74, 6) is 0.488. The number of amides is 1. The van der Waals surface area contributed by atoms with Crippen LogP contribution in [0.2, 0.25) is 0 Å². The van der Waals surface area contributed by atoms with Gasteiger partial charge in [-0.2, -0.15) is 0 Å². The Morgan fingerprint density at radius 3 is 2.95 bits per heavy atom. The minimum atomic E-state index is -0.168. The molecule has 1 amide bonds. The molecule has 1 N–H and O–H groups in total.